The van der Waals surface area contributed by atoms with Crippen molar-refractivity contribution in [1.29, 1.82) is 0 Å². The number of hydrogen-bond acceptors (Lipinski definition) is 17. The van der Waals surface area contributed by atoms with Crippen LogP contribution in [0.2, 0.25) is 0 Å². The molecule has 109 heavy (non-hydrogen) atoms. The van der Waals surface area contributed by atoms with Crippen molar-refractivity contribution in [2.24, 2.45) is 0 Å². The van der Waals surface area contributed by atoms with Gasteiger partial charge in [0.2, 0.25) is 30.1 Å². The monoisotopic (exact) mass is 1540 g/mol. The summed E-state index contributed by atoms with van der Waals surface area (Å²) in [4.78, 5) is 56.2. The predicted molar refractivity (Wildman–Crippen MR) is 411 cm³/mol. The quantitative estimate of drug-likeness (QED) is 0.0638. The van der Waals surface area contributed by atoms with Gasteiger partial charge in [-0.05, 0) is 156 Å². The van der Waals surface area contributed by atoms with Crippen LogP contribution in [-0.4, -0.2) is 140 Å². The number of carbonyl (C=O) groups is 3. The number of methoxy groups -OCH3 is 2. The van der Waals surface area contributed by atoms with E-state index in [1.54, 1.807) is 85.1 Å². The topological polar surface area (TPSA) is 278 Å². The third-order valence-electron chi connectivity index (χ3n) is 19.3. The summed E-state index contributed by atoms with van der Waals surface area (Å²) in [5.41, 5.74) is 11.0. The number of nitrogens with zero attached hydrogens (tertiary/aromatic N) is 8. The van der Waals surface area contributed by atoms with Crippen molar-refractivity contribution in [3.8, 4) is 28.7 Å². The van der Waals surface area contributed by atoms with Gasteiger partial charge >= 0.3 is 0 Å². The molecule has 14 rings (SSSR count). The number of aromatic nitrogens is 3. The smallest absolute Gasteiger partial charge is 0.258 e. The van der Waals surface area contributed by atoms with Gasteiger partial charge in [-0.2, -0.15) is 0 Å². The molecule has 0 unspecified atom stereocenters. The molecule has 0 saturated heterocycles. The number of halogens is 3. The van der Waals surface area contributed by atoms with E-state index in [0.29, 0.717) is 122 Å². The molecule has 3 aliphatic rings. The van der Waals surface area contributed by atoms with Gasteiger partial charge in [-0.1, -0.05) is 60.7 Å². The van der Waals surface area contributed by atoms with Crippen LogP contribution in [0.5, 0.6) is 28.7 Å². The molecule has 23 nitrogen and oxygen atoms in total. The van der Waals surface area contributed by atoms with Crippen LogP contribution in [-0.2, 0) is 82.2 Å². The Morgan fingerprint density at radius 2 is 0.771 bits per heavy atom. The van der Waals surface area contributed by atoms with Gasteiger partial charge in [0.25, 0.3) is 17.7 Å². The molecule has 3 amide bonds. The van der Waals surface area contributed by atoms with Crippen LogP contribution in [0.15, 0.2) is 158 Å². The van der Waals surface area contributed by atoms with E-state index in [-0.39, 0.29) is 90.4 Å². The molecule has 6 heterocycles. The zero-order valence-corrected chi connectivity index (χ0v) is 63.7. The zero-order chi connectivity index (χ0) is 78.1. The third kappa shape index (κ3) is 16.2. The van der Waals surface area contributed by atoms with Crippen molar-refractivity contribution >= 4 is 97.6 Å². The lowest BCUT2D eigenvalue weighted by Crippen LogP contribution is -2.26. The fraction of sp³-hybridized carbons (Fsp3) is 0.250. The van der Waals surface area contributed by atoms with Crippen molar-refractivity contribution < 1.29 is 76.9 Å². The number of amides is 3. The van der Waals surface area contributed by atoms with Crippen LogP contribution in [0.1, 0.15) is 106 Å². The molecule has 29 heteroatoms. The van der Waals surface area contributed by atoms with E-state index in [1.165, 1.54) is 66.2 Å². The minimum Gasteiger partial charge on any atom is -0.505 e. The first-order valence-electron chi connectivity index (χ1n) is 34.4. The second kappa shape index (κ2) is 31.3. The maximum absolute atomic E-state index is 13.6. The van der Waals surface area contributed by atoms with E-state index in [9.17, 15) is 57.9 Å². The second-order valence-corrected chi connectivity index (χ2v) is 32.6. The standard InChI is InChI=1S/C30H30FN3O5S.C28H26FN3O5S.C22H22FN3O4S/c1-5-34-17-25-26(30(34)35)29(39-18-20-8-12-23(38-3)13-9-20)27-24(28(25)33(2)40(4,36)37)15-21(16-32-27)14-19-6-10-22(31)11-7-19;1-32(38(3,34)35)26-22-13-19(12-17-4-8-20(29)9-5-17)14-30-25(22)27(24-23(26)15-31-28(24)33)37-16-18-6-10-21(36-2)11-7-18;1-4-26-12-17-18(22(26)28)21(27)19-16(20(17)25(2)31(3,29)30)10-14(11-24-19)9-13-5-7-15(23)8-6-13/h6-13,15-16H,5,14,17-18H2,1-4H3;4-11,13-14H,12,15-16H2,1-3H3,(H,31,33);5-8,10-11,27H,4,9,12H2,1-3H3. The maximum atomic E-state index is 13.6. The number of rotatable bonds is 22. The fourth-order valence-corrected chi connectivity index (χ4v) is 15.1. The summed E-state index contributed by atoms with van der Waals surface area (Å²) in [5.74, 6) is -0.122. The number of phenols is 1. The Balaban J connectivity index is 0.000000154. The highest BCUT2D eigenvalue weighted by molar-refractivity contribution is 7.92. The Bertz CT molecular complexity index is 5750. The van der Waals surface area contributed by atoms with Gasteiger partial charge in [0, 0.05) is 105 Å². The van der Waals surface area contributed by atoms with E-state index in [1.807, 2.05) is 74.5 Å². The first-order chi connectivity index (χ1) is 51.9. The number of hydrogen-bond donors (Lipinski definition) is 2. The number of benzene rings is 8. The van der Waals surface area contributed by atoms with Gasteiger partial charge < -0.3 is 39.2 Å². The number of aromatic hydroxyl groups is 1. The SMILES string of the molecule is CCN1Cc2c(c(O)c3ncc(Cc4ccc(F)cc4)cc3c2N(C)S(C)(=O)=O)C1=O.CCN1Cc2c(c(OCc3ccc(OC)cc3)c3ncc(Cc4ccc(F)cc4)cc3c2N(C)S(C)(=O)=O)C1=O.COc1ccc(COc2c3c(c(N(C)S(C)(=O)=O)c4cc(Cc5ccc(F)cc5)cnc24)CNC3=O)cc1. The van der Waals surface area contributed by atoms with E-state index in [2.05, 4.69) is 15.3 Å². The lowest BCUT2D eigenvalue weighted by molar-refractivity contribution is 0.0776. The molecule has 0 bridgehead atoms. The molecule has 11 aromatic rings. The molecule has 0 atom stereocenters. The number of ether oxygens (including phenoxy) is 4. The summed E-state index contributed by atoms with van der Waals surface area (Å²) in [5, 5.41) is 15.2. The molecule has 8 aromatic carbocycles. The van der Waals surface area contributed by atoms with Crippen LogP contribution < -0.4 is 37.2 Å². The minimum atomic E-state index is -3.68. The van der Waals surface area contributed by atoms with Gasteiger partial charge in [0.1, 0.15) is 58.7 Å². The Morgan fingerprint density at radius 1 is 0.450 bits per heavy atom. The van der Waals surface area contributed by atoms with Crippen LogP contribution in [0.25, 0.3) is 32.7 Å². The van der Waals surface area contributed by atoms with Gasteiger partial charge in [-0.25, -0.2) is 38.4 Å². The van der Waals surface area contributed by atoms with E-state index < -0.39 is 30.1 Å². The highest BCUT2D eigenvalue weighted by Gasteiger charge is 2.40. The van der Waals surface area contributed by atoms with Crippen molar-refractivity contribution in [3.05, 3.63) is 253 Å². The molecule has 566 valence electrons. The normalized spacial score (nSPS) is 13.1. The molecule has 0 aliphatic carbocycles. The van der Waals surface area contributed by atoms with Crippen molar-refractivity contribution in [2.45, 2.75) is 66.0 Å². The number of anilines is 3. The maximum Gasteiger partial charge on any atom is 0.258 e. The van der Waals surface area contributed by atoms with Crippen molar-refractivity contribution in [3.63, 3.8) is 0 Å². The lowest BCUT2D eigenvalue weighted by Gasteiger charge is -2.24. The van der Waals surface area contributed by atoms with E-state index in [4.69, 9.17) is 23.9 Å². The second-order valence-electron chi connectivity index (χ2n) is 26.5. The Labute approximate surface area is 629 Å². The van der Waals surface area contributed by atoms with E-state index in [0.717, 1.165) is 67.6 Å². The zero-order valence-electron chi connectivity index (χ0n) is 61.3. The van der Waals surface area contributed by atoms with Crippen LogP contribution in [0.4, 0.5) is 30.2 Å². The Hall–Kier alpha value is -11.6. The third-order valence-corrected chi connectivity index (χ3v) is 22.8. The van der Waals surface area contributed by atoms with Crippen molar-refractivity contribution in [1.82, 2.24) is 30.1 Å². The average molecular weight is 1540 g/mol. The van der Waals surface area contributed by atoms with Crippen LogP contribution in [0, 0.1) is 17.5 Å². The summed E-state index contributed by atoms with van der Waals surface area (Å²) in [7, 11) is -3.45. The number of fused-ring (bicyclic) bond motifs is 6. The highest BCUT2D eigenvalue weighted by Crippen LogP contribution is 2.48. The molecule has 0 radical (unpaired) electrons. The largest absolute Gasteiger partial charge is 0.505 e. The number of nitrogens with one attached hydrogen (secondary N) is 1. The van der Waals surface area contributed by atoms with Gasteiger partial charge in [-0.15, -0.1) is 0 Å². The first kappa shape index (κ1) is 77.1. The molecule has 0 fully saturated rings. The summed E-state index contributed by atoms with van der Waals surface area (Å²) in [6, 6.07) is 38.7. The summed E-state index contributed by atoms with van der Waals surface area (Å²) >= 11 is 0. The molecule has 3 aromatic heterocycles. The molecular formula is C80H78F3N9O14S3. The van der Waals surface area contributed by atoms with Crippen LogP contribution in [0.3, 0.4) is 0 Å². The van der Waals surface area contributed by atoms with Crippen molar-refractivity contribution in [2.75, 3.05) is 80.1 Å². The molecule has 2 N–H and O–H groups in total. The number of pyridine rings is 3. The predicted octanol–water partition coefficient (Wildman–Crippen LogP) is 12.2. The Kier molecular flexibility index (Phi) is 22.2. The summed E-state index contributed by atoms with van der Waals surface area (Å²) < 4.78 is 142. The molecule has 0 spiro atoms. The van der Waals surface area contributed by atoms with Gasteiger partial charge in [-0.3, -0.25) is 42.3 Å². The summed E-state index contributed by atoms with van der Waals surface area (Å²) in [6.45, 7) is 5.51. The average Bonchev–Trinajstić information content (AvgIpc) is 1.68. The fourth-order valence-electron chi connectivity index (χ4n) is 13.4. The molecule has 0 saturated carbocycles. The summed E-state index contributed by atoms with van der Waals surface area (Å²) in [6.07, 6.45) is 9.61. The first-order valence-corrected chi connectivity index (χ1v) is 40.0. The van der Waals surface area contributed by atoms with Gasteiger partial charge in [0.15, 0.2) is 17.2 Å². The minimum absolute atomic E-state index is 0.0960. The number of carbonyl (C=O) groups excluding carboxylic acids is 3. The highest BCUT2D eigenvalue weighted by atomic mass is 32.2. The van der Waals surface area contributed by atoms with Gasteiger partial charge in [0.05, 0.1) is 66.7 Å². The number of sulfonamides is 3. The lowest BCUT2D eigenvalue weighted by atomic mass is 9.98. The Morgan fingerprint density at radius 3 is 1.13 bits per heavy atom. The van der Waals surface area contributed by atoms with Crippen LogP contribution >= 0.6 is 0 Å². The van der Waals surface area contributed by atoms with E-state index >= 15 is 0 Å². The number of phenolic OH excluding ortho intramolecular Hbond substituents is 1. The molecule has 3 aliphatic heterocycles. The molecular weight excluding hydrogens is 1460 g/mol.